The van der Waals surface area contributed by atoms with Crippen molar-refractivity contribution in [2.45, 2.75) is 29.6 Å². The second-order valence-corrected chi connectivity index (χ2v) is 9.74. The monoisotopic (exact) mass is 448 g/mol. The van der Waals surface area contributed by atoms with E-state index < -0.39 is 5.95 Å². The zero-order valence-electron chi connectivity index (χ0n) is 15.8. The molecule has 0 unspecified atom stereocenters. The molecule has 3 heterocycles. The predicted octanol–water partition coefficient (Wildman–Crippen LogP) is 6.13. The number of rotatable bonds is 7. The minimum atomic E-state index is -0.499. The molecule has 4 rings (SSSR count). The highest BCUT2D eigenvalue weighted by Crippen LogP contribution is 2.38. The molecule has 0 bridgehead atoms. The smallest absolute Gasteiger partial charge is 0.214 e. The summed E-state index contributed by atoms with van der Waals surface area (Å²) >= 11 is 9.32. The number of pyridine rings is 1. The van der Waals surface area contributed by atoms with Crippen molar-refractivity contribution in [3.8, 4) is 0 Å². The first-order valence-corrected chi connectivity index (χ1v) is 11.5. The molecule has 2 N–H and O–H groups in total. The van der Waals surface area contributed by atoms with E-state index in [0.29, 0.717) is 11.9 Å². The van der Waals surface area contributed by atoms with Gasteiger partial charge < -0.3 is 10.0 Å². The Morgan fingerprint density at radius 1 is 1.14 bits per heavy atom. The third kappa shape index (κ3) is 5.85. The van der Waals surface area contributed by atoms with Crippen molar-refractivity contribution in [2.75, 3.05) is 23.1 Å². The van der Waals surface area contributed by atoms with Crippen LogP contribution in [0, 0.1) is 5.95 Å². The molecule has 0 aliphatic carbocycles. The molecule has 8 heteroatoms. The minimum absolute atomic E-state index is 0.421. The van der Waals surface area contributed by atoms with Crippen molar-refractivity contribution in [2.24, 2.45) is 0 Å². The number of benzene rings is 1. The van der Waals surface area contributed by atoms with Gasteiger partial charge >= 0.3 is 0 Å². The summed E-state index contributed by atoms with van der Waals surface area (Å²) in [7, 11) is 0. The van der Waals surface area contributed by atoms with Crippen LogP contribution < -0.4 is 10.0 Å². The Labute approximate surface area is 183 Å². The Balaban J connectivity index is 1.27. The lowest BCUT2D eigenvalue weighted by Crippen LogP contribution is -2.38. The van der Waals surface area contributed by atoms with Crippen LogP contribution in [0.15, 0.2) is 58.8 Å². The molecule has 0 spiro atoms. The number of hydrogen-bond donors (Lipinski definition) is 2. The quantitative estimate of drug-likeness (QED) is 0.336. The second-order valence-electron chi connectivity index (χ2n) is 6.98. The molecule has 1 fully saturated rings. The highest BCUT2D eigenvalue weighted by Gasteiger charge is 2.20. The molecule has 3 aromatic rings. The molecular formula is C21H22ClFN4S2. The average molecular weight is 449 g/mol. The maximum Gasteiger partial charge on any atom is 0.214 e. The van der Waals surface area contributed by atoms with Gasteiger partial charge in [0, 0.05) is 25.7 Å². The number of nitrogens with zero attached hydrogens (tertiary/aromatic N) is 2. The Kier molecular flexibility index (Phi) is 6.92. The lowest BCUT2D eigenvalue weighted by molar-refractivity contribution is 0.211. The molecule has 152 valence electrons. The summed E-state index contributed by atoms with van der Waals surface area (Å²) in [4.78, 5) is 6.30. The molecule has 0 atom stereocenters. The van der Waals surface area contributed by atoms with E-state index in [1.807, 2.05) is 6.07 Å². The van der Waals surface area contributed by atoms with E-state index in [1.54, 1.807) is 12.1 Å². The van der Waals surface area contributed by atoms with Gasteiger partial charge in [-0.15, -0.1) is 11.3 Å². The fraction of sp³-hybridized carbons (Fsp3) is 0.286. The van der Waals surface area contributed by atoms with Crippen LogP contribution in [0.3, 0.4) is 0 Å². The summed E-state index contributed by atoms with van der Waals surface area (Å²) in [6.07, 6.45) is 2.18. The molecule has 2 aromatic heterocycles. The van der Waals surface area contributed by atoms with Crippen molar-refractivity contribution in [1.29, 1.82) is 0 Å². The van der Waals surface area contributed by atoms with Gasteiger partial charge in [0.05, 0.1) is 9.90 Å². The maximum absolute atomic E-state index is 13.2. The molecule has 0 amide bonds. The average Bonchev–Trinajstić information content (AvgIpc) is 3.08. The van der Waals surface area contributed by atoms with Crippen molar-refractivity contribution in [1.82, 2.24) is 9.88 Å². The first kappa shape index (κ1) is 20.5. The topological polar surface area (TPSA) is 40.2 Å². The molecule has 1 saturated heterocycles. The molecule has 0 saturated carbocycles. The van der Waals surface area contributed by atoms with E-state index in [1.165, 1.54) is 34.9 Å². The van der Waals surface area contributed by atoms with Crippen LogP contribution in [0.2, 0.25) is 4.34 Å². The van der Waals surface area contributed by atoms with Gasteiger partial charge in [0.2, 0.25) is 5.95 Å². The number of nitrogens with one attached hydrogen (secondary N) is 2. The Morgan fingerprint density at radius 3 is 2.69 bits per heavy atom. The summed E-state index contributed by atoms with van der Waals surface area (Å²) < 4.78 is 18.0. The summed E-state index contributed by atoms with van der Waals surface area (Å²) in [5.41, 5.74) is 2.33. The van der Waals surface area contributed by atoms with E-state index in [9.17, 15) is 4.39 Å². The van der Waals surface area contributed by atoms with Crippen molar-refractivity contribution >= 4 is 46.4 Å². The van der Waals surface area contributed by atoms with Crippen LogP contribution in [0.1, 0.15) is 18.4 Å². The lowest BCUT2D eigenvalue weighted by atomic mass is 10.0. The van der Waals surface area contributed by atoms with E-state index in [2.05, 4.69) is 50.3 Å². The van der Waals surface area contributed by atoms with Crippen LogP contribution in [0.5, 0.6) is 0 Å². The van der Waals surface area contributed by atoms with E-state index in [0.717, 1.165) is 46.7 Å². The standard InChI is InChI=1S/C21H22ClFN4S2/c22-21-17(13-20(28-21)29-26-19-8-4-7-18(23)25-19)24-16-9-11-27(12-10-16)14-15-5-2-1-3-6-15/h1-8,13,16,24H,9-12,14H2,(H,25,26). The number of piperidine rings is 1. The van der Waals surface area contributed by atoms with Gasteiger partial charge in [-0.25, -0.2) is 4.98 Å². The molecule has 0 radical (unpaired) electrons. The number of likely N-dealkylation sites (tertiary alicyclic amines) is 1. The molecule has 1 aromatic carbocycles. The Hall–Kier alpha value is -1.80. The second kappa shape index (κ2) is 9.80. The van der Waals surface area contributed by atoms with E-state index in [4.69, 9.17) is 11.6 Å². The third-order valence-electron chi connectivity index (χ3n) is 4.83. The van der Waals surface area contributed by atoms with E-state index in [-0.39, 0.29) is 0 Å². The zero-order valence-corrected chi connectivity index (χ0v) is 18.2. The first-order chi connectivity index (χ1) is 14.2. The number of anilines is 2. The third-order valence-corrected chi connectivity index (χ3v) is 7.12. The maximum atomic E-state index is 13.2. The largest absolute Gasteiger partial charge is 0.380 e. The van der Waals surface area contributed by atoms with Crippen LogP contribution in [0.25, 0.3) is 0 Å². The van der Waals surface area contributed by atoms with Crippen LogP contribution in [-0.2, 0) is 6.54 Å². The van der Waals surface area contributed by atoms with Gasteiger partial charge in [-0.2, -0.15) is 4.39 Å². The molecule has 1 aliphatic rings. The summed E-state index contributed by atoms with van der Waals surface area (Å²) in [5.74, 6) is -0.0133. The highest BCUT2D eigenvalue weighted by molar-refractivity contribution is 8.02. The zero-order chi connectivity index (χ0) is 20.1. The van der Waals surface area contributed by atoms with Crippen molar-refractivity contribution < 1.29 is 4.39 Å². The molecular weight excluding hydrogens is 427 g/mol. The van der Waals surface area contributed by atoms with Gasteiger partial charge in [0.1, 0.15) is 10.2 Å². The Morgan fingerprint density at radius 2 is 1.93 bits per heavy atom. The van der Waals surface area contributed by atoms with Crippen LogP contribution in [0.4, 0.5) is 15.9 Å². The fourth-order valence-electron chi connectivity index (χ4n) is 3.36. The van der Waals surface area contributed by atoms with Crippen molar-refractivity contribution in [3.63, 3.8) is 0 Å². The lowest BCUT2D eigenvalue weighted by Gasteiger charge is -2.32. The van der Waals surface area contributed by atoms with Crippen molar-refractivity contribution in [3.05, 3.63) is 70.4 Å². The number of aromatic nitrogens is 1. The predicted molar refractivity (Wildman–Crippen MR) is 121 cm³/mol. The Bertz CT molecular complexity index is 929. The van der Waals surface area contributed by atoms with Crippen LogP contribution in [-0.4, -0.2) is 29.0 Å². The number of hydrogen-bond acceptors (Lipinski definition) is 6. The summed E-state index contributed by atoms with van der Waals surface area (Å²) in [6, 6.07) is 17.8. The van der Waals surface area contributed by atoms with Gasteiger partial charge in [0.15, 0.2) is 0 Å². The van der Waals surface area contributed by atoms with Gasteiger partial charge in [-0.1, -0.05) is 48.0 Å². The van der Waals surface area contributed by atoms with Gasteiger partial charge in [0.25, 0.3) is 0 Å². The molecule has 4 nitrogen and oxygen atoms in total. The summed E-state index contributed by atoms with van der Waals surface area (Å²) in [5, 5.41) is 3.60. The summed E-state index contributed by atoms with van der Waals surface area (Å²) in [6.45, 7) is 3.15. The minimum Gasteiger partial charge on any atom is -0.380 e. The normalized spacial score (nSPS) is 15.4. The number of halogens is 2. The van der Waals surface area contributed by atoms with E-state index >= 15 is 0 Å². The molecule has 1 aliphatic heterocycles. The molecule has 29 heavy (non-hydrogen) atoms. The van der Waals surface area contributed by atoms with Crippen LogP contribution >= 0.6 is 34.9 Å². The van der Waals surface area contributed by atoms with Gasteiger partial charge in [-0.3, -0.25) is 4.90 Å². The number of thiophene rings is 1. The highest BCUT2D eigenvalue weighted by atomic mass is 35.5. The van der Waals surface area contributed by atoms with Gasteiger partial charge in [-0.05, 0) is 48.6 Å². The SMILES string of the molecule is Fc1cccc(NSc2cc(NC3CCN(Cc4ccccc4)CC3)c(Cl)s2)n1. The first-order valence-electron chi connectivity index (χ1n) is 9.53. The fourth-order valence-corrected chi connectivity index (χ4v) is 5.47.